The molecule has 0 N–H and O–H groups in total. The van der Waals surface area contributed by atoms with Crippen LogP contribution in [-0.2, 0) is 0 Å². The first-order chi connectivity index (χ1) is 10.8. The lowest BCUT2D eigenvalue weighted by molar-refractivity contribution is 0.0910. The maximum Gasteiger partial charge on any atom is 0.200 e. The molecule has 1 aliphatic carbocycles. The van der Waals surface area contributed by atoms with Gasteiger partial charge in [-0.05, 0) is 12.1 Å². The molecule has 108 valence electrons. The number of nitrogens with zero attached hydrogens (tertiary/aromatic N) is 4. The number of hydrogen-bond donors (Lipinski definition) is 0. The molecule has 0 unspecified atom stereocenters. The van der Waals surface area contributed by atoms with E-state index >= 15 is 0 Å². The number of carbonyl (C=O) groups is 2. The molecular formula is C16H12N4O2. The van der Waals surface area contributed by atoms with Crippen LogP contribution in [-0.4, -0.2) is 31.7 Å². The number of ketones is 2. The largest absolute Gasteiger partial charge is 0.292 e. The molecule has 1 aromatic rings. The molecule has 22 heavy (non-hydrogen) atoms. The van der Waals surface area contributed by atoms with Crippen LogP contribution in [0.15, 0.2) is 48.8 Å². The molecule has 2 aliphatic rings. The zero-order valence-corrected chi connectivity index (χ0v) is 11.6. The Morgan fingerprint density at radius 3 is 2.36 bits per heavy atom. The first-order valence-electron chi connectivity index (χ1n) is 6.80. The van der Waals surface area contributed by atoms with E-state index in [4.69, 9.17) is 0 Å². The molecule has 6 nitrogen and oxygen atoms in total. The van der Waals surface area contributed by atoms with Crippen LogP contribution in [0.25, 0.3) is 11.3 Å². The highest BCUT2D eigenvalue weighted by molar-refractivity contribution is 6.03. The van der Waals surface area contributed by atoms with E-state index in [2.05, 4.69) is 20.2 Å². The molecule has 2 heterocycles. The predicted molar refractivity (Wildman–Crippen MR) is 78.6 cm³/mol. The number of aromatic nitrogens is 4. The lowest BCUT2D eigenvalue weighted by atomic mass is 10.0. The van der Waals surface area contributed by atoms with Crippen molar-refractivity contribution >= 4 is 11.6 Å². The fourth-order valence-electron chi connectivity index (χ4n) is 2.09. The van der Waals surface area contributed by atoms with Gasteiger partial charge in [-0.15, -0.1) is 10.2 Å². The molecule has 0 atom stereocenters. The summed E-state index contributed by atoms with van der Waals surface area (Å²) in [6.45, 7) is 0. The van der Waals surface area contributed by atoms with Crippen molar-refractivity contribution in [3.8, 4) is 11.3 Å². The Labute approximate surface area is 126 Å². The molecule has 0 saturated carbocycles. The zero-order chi connectivity index (χ0) is 15.4. The molecule has 0 fully saturated rings. The molecule has 1 aliphatic heterocycles. The van der Waals surface area contributed by atoms with Crippen LogP contribution in [0.1, 0.15) is 33.9 Å². The third-order valence-electron chi connectivity index (χ3n) is 3.19. The molecule has 0 bridgehead atoms. The summed E-state index contributed by atoms with van der Waals surface area (Å²) in [6, 6.07) is 10.7. The summed E-state index contributed by atoms with van der Waals surface area (Å²) in [6.07, 6.45) is 3.11. The first kappa shape index (κ1) is 13.9. The first-order valence-corrected chi connectivity index (χ1v) is 6.80. The van der Waals surface area contributed by atoms with Crippen molar-refractivity contribution in [1.29, 1.82) is 0 Å². The number of Topliss-reactive ketones (excluding diaryl/α,β-unsaturated/α-hetero) is 2. The van der Waals surface area contributed by atoms with Crippen molar-refractivity contribution in [1.82, 2.24) is 20.2 Å². The summed E-state index contributed by atoms with van der Waals surface area (Å²) in [5.41, 5.74) is 1.65. The van der Waals surface area contributed by atoms with Gasteiger partial charge in [0, 0.05) is 30.8 Å². The third kappa shape index (κ3) is 2.85. The van der Waals surface area contributed by atoms with Crippen LogP contribution in [0.3, 0.4) is 0 Å². The van der Waals surface area contributed by atoms with Crippen molar-refractivity contribution in [3.05, 3.63) is 60.3 Å². The lowest BCUT2D eigenvalue weighted by Gasteiger charge is -1.99. The van der Waals surface area contributed by atoms with Crippen LogP contribution in [0.5, 0.6) is 0 Å². The second-order valence-corrected chi connectivity index (χ2v) is 4.68. The Kier molecular flexibility index (Phi) is 3.91. The van der Waals surface area contributed by atoms with E-state index in [1.165, 1.54) is 12.4 Å². The van der Waals surface area contributed by atoms with Crippen molar-refractivity contribution in [2.45, 2.75) is 12.8 Å². The van der Waals surface area contributed by atoms with E-state index in [0.717, 1.165) is 0 Å². The molecule has 0 spiro atoms. The molecule has 3 rings (SSSR count). The van der Waals surface area contributed by atoms with Gasteiger partial charge in [-0.25, -0.2) is 9.97 Å². The number of fused-ring (bicyclic) bond motifs is 1. The summed E-state index contributed by atoms with van der Waals surface area (Å²) < 4.78 is 0. The Bertz CT molecular complexity index is 789. The summed E-state index contributed by atoms with van der Waals surface area (Å²) in [5.74, 6) is -0.346. The van der Waals surface area contributed by atoms with Crippen molar-refractivity contribution < 1.29 is 9.59 Å². The van der Waals surface area contributed by atoms with Gasteiger partial charge in [0.05, 0.1) is 5.69 Å². The standard InChI is InChI=1S/C16H12N4O2/c21-13(7-8-14(22)16-17-9-4-10-18-16)15-11-5-2-1-3-6-12(11)19-20-15/h1-6,9-10H,7-8H2. The van der Waals surface area contributed by atoms with Crippen LogP contribution >= 0.6 is 0 Å². The Balaban J connectivity index is 1.71. The highest BCUT2D eigenvalue weighted by Crippen LogP contribution is 2.22. The molecule has 0 amide bonds. The quantitative estimate of drug-likeness (QED) is 0.670. The van der Waals surface area contributed by atoms with Gasteiger partial charge in [-0.3, -0.25) is 9.59 Å². The molecule has 6 heteroatoms. The van der Waals surface area contributed by atoms with Gasteiger partial charge < -0.3 is 0 Å². The van der Waals surface area contributed by atoms with E-state index < -0.39 is 0 Å². The normalized spacial score (nSPS) is 10.5. The summed E-state index contributed by atoms with van der Waals surface area (Å²) in [7, 11) is 0. The number of hydrogen-bond acceptors (Lipinski definition) is 6. The van der Waals surface area contributed by atoms with Gasteiger partial charge in [0.25, 0.3) is 0 Å². The van der Waals surface area contributed by atoms with Crippen LogP contribution in [0.2, 0.25) is 0 Å². The van der Waals surface area contributed by atoms with Crippen LogP contribution in [0, 0.1) is 0 Å². The van der Waals surface area contributed by atoms with Gasteiger partial charge in [-0.2, -0.15) is 0 Å². The average Bonchev–Trinajstić information content (AvgIpc) is 2.82. The van der Waals surface area contributed by atoms with E-state index in [1.54, 1.807) is 18.2 Å². The topological polar surface area (TPSA) is 85.7 Å². The van der Waals surface area contributed by atoms with Crippen molar-refractivity contribution in [2.75, 3.05) is 0 Å². The van der Waals surface area contributed by atoms with Crippen LogP contribution < -0.4 is 0 Å². The predicted octanol–water partition coefficient (Wildman–Crippen LogP) is 2.22. The van der Waals surface area contributed by atoms with Crippen molar-refractivity contribution in [3.63, 3.8) is 0 Å². The summed E-state index contributed by atoms with van der Waals surface area (Å²) >= 11 is 0. The van der Waals surface area contributed by atoms with Crippen molar-refractivity contribution in [2.24, 2.45) is 0 Å². The summed E-state index contributed by atoms with van der Waals surface area (Å²) in [5, 5.41) is 7.92. The number of carbonyl (C=O) groups excluding carboxylic acids is 2. The zero-order valence-electron chi connectivity index (χ0n) is 11.6. The minimum absolute atomic E-state index is 0.0517. The van der Waals surface area contributed by atoms with Gasteiger partial charge in [-0.1, -0.05) is 24.3 Å². The monoisotopic (exact) mass is 292 g/mol. The van der Waals surface area contributed by atoms with Gasteiger partial charge >= 0.3 is 0 Å². The van der Waals surface area contributed by atoms with Gasteiger partial charge in [0.15, 0.2) is 17.4 Å². The van der Waals surface area contributed by atoms with E-state index in [1.807, 2.05) is 18.2 Å². The molecule has 0 saturated heterocycles. The maximum absolute atomic E-state index is 12.3. The fourth-order valence-corrected chi connectivity index (χ4v) is 2.09. The van der Waals surface area contributed by atoms with Crippen LogP contribution in [0.4, 0.5) is 0 Å². The highest BCUT2D eigenvalue weighted by Gasteiger charge is 2.20. The second-order valence-electron chi connectivity index (χ2n) is 4.68. The highest BCUT2D eigenvalue weighted by atomic mass is 16.1. The second kappa shape index (κ2) is 6.17. The molecule has 0 aromatic carbocycles. The Morgan fingerprint density at radius 1 is 0.818 bits per heavy atom. The van der Waals surface area contributed by atoms with Gasteiger partial charge in [0.2, 0.25) is 0 Å². The SMILES string of the molecule is O=C(CCC(=O)c1nnc2cccccc1-2)c1ncccn1. The minimum atomic E-state index is -0.261. The molecule has 1 aromatic heterocycles. The molecule has 0 radical (unpaired) electrons. The summed E-state index contributed by atoms with van der Waals surface area (Å²) in [4.78, 5) is 31.9. The lowest BCUT2D eigenvalue weighted by Crippen LogP contribution is -2.09. The number of rotatable bonds is 5. The van der Waals surface area contributed by atoms with E-state index in [-0.39, 0.29) is 30.2 Å². The third-order valence-corrected chi connectivity index (χ3v) is 3.19. The van der Waals surface area contributed by atoms with E-state index in [9.17, 15) is 9.59 Å². The van der Waals surface area contributed by atoms with E-state index in [0.29, 0.717) is 17.0 Å². The van der Waals surface area contributed by atoms with Gasteiger partial charge in [0.1, 0.15) is 5.69 Å². The maximum atomic E-state index is 12.3. The smallest absolute Gasteiger partial charge is 0.200 e. The fraction of sp³-hybridized carbons (Fsp3) is 0.125. The Morgan fingerprint density at radius 2 is 1.55 bits per heavy atom. The molecular weight excluding hydrogens is 280 g/mol. The minimum Gasteiger partial charge on any atom is -0.292 e. The Hall–Kier alpha value is -3.02. The average molecular weight is 292 g/mol.